The van der Waals surface area contributed by atoms with Crippen LogP contribution >= 0.6 is 0 Å². The fraction of sp³-hybridized carbons (Fsp3) is 0.938. The maximum atomic E-state index is 6.08. The van der Waals surface area contributed by atoms with Crippen molar-refractivity contribution >= 4 is 5.96 Å². The van der Waals surface area contributed by atoms with Crippen molar-refractivity contribution in [2.24, 2.45) is 16.1 Å². The van der Waals surface area contributed by atoms with Crippen molar-refractivity contribution in [1.29, 1.82) is 0 Å². The summed E-state index contributed by atoms with van der Waals surface area (Å²) in [5.74, 6) is 0.580. The molecular weight excluding hydrogens is 266 g/mol. The average molecular weight is 295 g/mol. The Hall–Kier alpha value is -0.810. The molecule has 3 fully saturated rings. The van der Waals surface area contributed by atoms with Crippen LogP contribution in [0.15, 0.2) is 4.99 Å². The van der Waals surface area contributed by atoms with Gasteiger partial charge < -0.3 is 20.5 Å². The number of nitrogens with one attached hydrogen (secondary N) is 1. The molecule has 1 spiro atoms. The highest BCUT2D eigenvalue weighted by Crippen LogP contribution is 2.54. The first kappa shape index (κ1) is 15.1. The van der Waals surface area contributed by atoms with Gasteiger partial charge in [0.2, 0.25) is 0 Å². The van der Waals surface area contributed by atoms with Crippen molar-refractivity contribution in [1.82, 2.24) is 5.32 Å². The summed E-state index contributed by atoms with van der Waals surface area (Å²) >= 11 is 0. The molecule has 3 atom stereocenters. The average Bonchev–Trinajstić information content (AvgIpc) is 3.16. The van der Waals surface area contributed by atoms with E-state index >= 15 is 0 Å². The second kappa shape index (κ2) is 6.53. The predicted molar refractivity (Wildman–Crippen MR) is 83.3 cm³/mol. The summed E-state index contributed by atoms with van der Waals surface area (Å²) in [5.41, 5.74) is 6.38. The number of rotatable bonds is 5. The molecule has 1 aliphatic heterocycles. The molecule has 3 rings (SSSR count). The molecule has 120 valence electrons. The molecule has 2 saturated carbocycles. The highest BCUT2D eigenvalue weighted by atomic mass is 16.5. The molecule has 3 aliphatic rings. The largest absolute Gasteiger partial charge is 0.378 e. The summed E-state index contributed by atoms with van der Waals surface area (Å²) in [7, 11) is 0. The normalized spacial score (nSPS) is 35.1. The number of hydrogen-bond donors (Lipinski definition) is 2. The van der Waals surface area contributed by atoms with Crippen molar-refractivity contribution in [2.75, 3.05) is 19.8 Å². The maximum Gasteiger partial charge on any atom is 0.188 e. The molecule has 3 unspecified atom stereocenters. The minimum absolute atomic E-state index is 0.267. The summed E-state index contributed by atoms with van der Waals surface area (Å²) in [5, 5.41) is 3.45. The molecule has 1 saturated heterocycles. The zero-order valence-electron chi connectivity index (χ0n) is 13.1. The van der Waals surface area contributed by atoms with Gasteiger partial charge in [0.05, 0.1) is 18.8 Å². The van der Waals surface area contributed by atoms with Gasteiger partial charge in [0.15, 0.2) is 5.96 Å². The van der Waals surface area contributed by atoms with E-state index in [0.29, 0.717) is 30.1 Å². The van der Waals surface area contributed by atoms with Crippen LogP contribution in [0, 0.1) is 5.41 Å². The van der Waals surface area contributed by atoms with E-state index in [2.05, 4.69) is 17.2 Å². The van der Waals surface area contributed by atoms with Gasteiger partial charge in [0, 0.05) is 24.7 Å². The molecule has 0 aromatic carbocycles. The molecule has 0 aromatic heterocycles. The molecule has 2 aliphatic carbocycles. The lowest BCUT2D eigenvalue weighted by Crippen LogP contribution is -2.64. The fourth-order valence-corrected chi connectivity index (χ4v) is 4.30. The lowest BCUT2D eigenvalue weighted by Gasteiger charge is -2.54. The third kappa shape index (κ3) is 3.04. The van der Waals surface area contributed by atoms with Crippen LogP contribution in [0.5, 0.6) is 0 Å². The van der Waals surface area contributed by atoms with E-state index in [-0.39, 0.29) is 6.10 Å². The third-order valence-electron chi connectivity index (χ3n) is 5.50. The van der Waals surface area contributed by atoms with Crippen molar-refractivity contribution in [2.45, 2.75) is 70.1 Å². The van der Waals surface area contributed by atoms with E-state index in [0.717, 1.165) is 32.5 Å². The van der Waals surface area contributed by atoms with Gasteiger partial charge in [-0.3, -0.25) is 4.99 Å². The van der Waals surface area contributed by atoms with Crippen LogP contribution in [0.1, 0.15) is 51.9 Å². The van der Waals surface area contributed by atoms with Gasteiger partial charge in [-0.05, 0) is 39.0 Å². The summed E-state index contributed by atoms with van der Waals surface area (Å²) in [4.78, 5) is 4.47. The molecule has 1 heterocycles. The van der Waals surface area contributed by atoms with Gasteiger partial charge >= 0.3 is 0 Å². The first-order chi connectivity index (χ1) is 10.2. The SMILES string of the molecule is CCOC1CC(NC(N)=NCC2CCCO2)C12CCCC2. The smallest absolute Gasteiger partial charge is 0.188 e. The molecular formula is C16H29N3O2. The van der Waals surface area contributed by atoms with Crippen molar-refractivity contribution < 1.29 is 9.47 Å². The number of nitrogens with two attached hydrogens (primary N) is 1. The Morgan fingerprint density at radius 2 is 2.19 bits per heavy atom. The zero-order chi connectivity index (χ0) is 14.7. The number of guanidine groups is 1. The van der Waals surface area contributed by atoms with E-state index in [9.17, 15) is 0 Å². The van der Waals surface area contributed by atoms with Gasteiger partial charge in [-0.25, -0.2) is 0 Å². The van der Waals surface area contributed by atoms with E-state index < -0.39 is 0 Å². The van der Waals surface area contributed by atoms with E-state index in [1.165, 1.54) is 25.7 Å². The molecule has 21 heavy (non-hydrogen) atoms. The molecule has 0 amide bonds. The Kier molecular flexibility index (Phi) is 4.69. The number of aliphatic imine (C=N–C) groups is 1. The lowest BCUT2D eigenvalue weighted by molar-refractivity contribution is -0.125. The van der Waals surface area contributed by atoms with Gasteiger partial charge in [0.1, 0.15) is 0 Å². The van der Waals surface area contributed by atoms with Crippen LogP contribution in [0.2, 0.25) is 0 Å². The van der Waals surface area contributed by atoms with Crippen LogP contribution in [0.3, 0.4) is 0 Å². The highest BCUT2D eigenvalue weighted by molar-refractivity contribution is 5.78. The molecule has 5 nitrogen and oxygen atoms in total. The Morgan fingerprint density at radius 1 is 1.38 bits per heavy atom. The highest BCUT2D eigenvalue weighted by Gasteiger charge is 2.56. The van der Waals surface area contributed by atoms with Crippen LogP contribution in [-0.4, -0.2) is 44.0 Å². The topological polar surface area (TPSA) is 68.9 Å². The Bertz CT molecular complexity index is 374. The summed E-state index contributed by atoms with van der Waals surface area (Å²) < 4.78 is 11.5. The lowest BCUT2D eigenvalue weighted by atomic mass is 9.60. The fourth-order valence-electron chi connectivity index (χ4n) is 4.30. The van der Waals surface area contributed by atoms with E-state index in [1.54, 1.807) is 0 Å². The quantitative estimate of drug-likeness (QED) is 0.599. The maximum absolute atomic E-state index is 6.08. The van der Waals surface area contributed by atoms with Crippen LogP contribution < -0.4 is 11.1 Å². The Balaban J connectivity index is 1.53. The molecule has 3 N–H and O–H groups in total. The number of hydrogen-bond acceptors (Lipinski definition) is 3. The van der Waals surface area contributed by atoms with Crippen molar-refractivity contribution in [3.63, 3.8) is 0 Å². The minimum atomic E-state index is 0.267. The minimum Gasteiger partial charge on any atom is -0.378 e. The molecule has 0 aromatic rings. The van der Waals surface area contributed by atoms with Gasteiger partial charge in [-0.2, -0.15) is 0 Å². The van der Waals surface area contributed by atoms with E-state index in [4.69, 9.17) is 15.2 Å². The summed E-state index contributed by atoms with van der Waals surface area (Å²) in [6.07, 6.45) is 9.14. The van der Waals surface area contributed by atoms with Gasteiger partial charge in [-0.15, -0.1) is 0 Å². The second-order valence-corrected chi connectivity index (χ2v) is 6.68. The third-order valence-corrected chi connectivity index (χ3v) is 5.50. The van der Waals surface area contributed by atoms with Crippen LogP contribution in [-0.2, 0) is 9.47 Å². The molecule has 0 bridgehead atoms. The molecule has 0 radical (unpaired) electrons. The van der Waals surface area contributed by atoms with Gasteiger partial charge in [-0.1, -0.05) is 12.8 Å². The first-order valence-corrected chi connectivity index (χ1v) is 8.54. The Labute approximate surface area is 127 Å². The Morgan fingerprint density at radius 3 is 2.86 bits per heavy atom. The number of ether oxygens (including phenoxy) is 2. The standard InChI is InChI=1S/C16H29N3O2/c1-2-20-14-10-13(16(14)7-3-4-8-16)19-15(17)18-11-12-6-5-9-21-12/h12-14H,2-11H2,1H3,(H3,17,18,19). The van der Waals surface area contributed by atoms with Crippen molar-refractivity contribution in [3.8, 4) is 0 Å². The molecule has 5 heteroatoms. The predicted octanol–water partition coefficient (Wildman–Crippen LogP) is 1.81. The second-order valence-electron chi connectivity index (χ2n) is 6.68. The number of nitrogens with zero attached hydrogens (tertiary/aromatic N) is 1. The monoisotopic (exact) mass is 295 g/mol. The van der Waals surface area contributed by atoms with Crippen LogP contribution in [0.4, 0.5) is 0 Å². The van der Waals surface area contributed by atoms with Crippen LogP contribution in [0.25, 0.3) is 0 Å². The van der Waals surface area contributed by atoms with Gasteiger partial charge in [0.25, 0.3) is 0 Å². The zero-order valence-corrected chi connectivity index (χ0v) is 13.1. The first-order valence-electron chi connectivity index (χ1n) is 8.54. The summed E-state index contributed by atoms with van der Waals surface area (Å²) in [6, 6.07) is 0.435. The summed E-state index contributed by atoms with van der Waals surface area (Å²) in [6.45, 7) is 4.45. The van der Waals surface area contributed by atoms with Crippen molar-refractivity contribution in [3.05, 3.63) is 0 Å². The van der Waals surface area contributed by atoms with E-state index in [1.807, 2.05) is 0 Å².